The van der Waals surface area contributed by atoms with Gasteiger partial charge in [0.05, 0.1) is 0 Å². The van der Waals surface area contributed by atoms with Gasteiger partial charge in [-0.1, -0.05) is 18.7 Å². The van der Waals surface area contributed by atoms with Gasteiger partial charge in [0.2, 0.25) is 0 Å². The van der Waals surface area contributed by atoms with Gasteiger partial charge in [-0.05, 0) is 11.6 Å². The first-order valence-corrected chi connectivity index (χ1v) is 3.12. The Kier molecular flexibility index (Phi) is 1.89. The molecular weight excluding hydrogens is 153 g/mol. The van der Waals surface area contributed by atoms with Crippen LogP contribution in [0.5, 0.6) is 0 Å². The zero-order chi connectivity index (χ0) is 8.48. The van der Waals surface area contributed by atoms with Crippen LogP contribution in [0, 0.1) is 0 Å². The maximum atomic E-state index is 12.5. The Bertz CT molecular complexity index is 236. The summed E-state index contributed by atoms with van der Waals surface area (Å²) < 4.78 is 37.3. The van der Waals surface area contributed by atoms with E-state index in [1.807, 2.05) is 0 Å². The summed E-state index contributed by atoms with van der Waals surface area (Å²) >= 11 is 0. The minimum absolute atomic E-state index is 0.0301. The van der Waals surface area contributed by atoms with Gasteiger partial charge in [-0.3, -0.25) is 0 Å². The Morgan fingerprint density at radius 1 is 1.55 bits per heavy atom. The van der Waals surface area contributed by atoms with E-state index in [1.54, 1.807) is 0 Å². The standard InChI is InChI=1S/C8H7F3/c1-6(9)7-3-2-4-8(10,11)5-7/h2-4H,1,5H2. The average Bonchev–Trinajstić information content (AvgIpc) is 1.85. The molecule has 0 N–H and O–H groups in total. The molecule has 0 atom stereocenters. The predicted octanol–water partition coefficient (Wildman–Crippen LogP) is 2.99. The lowest BCUT2D eigenvalue weighted by Crippen LogP contribution is -2.15. The van der Waals surface area contributed by atoms with Gasteiger partial charge in [-0.25, -0.2) is 13.2 Å². The molecule has 0 saturated carbocycles. The molecule has 0 fully saturated rings. The second-order valence-corrected chi connectivity index (χ2v) is 2.39. The van der Waals surface area contributed by atoms with Gasteiger partial charge in [-0.15, -0.1) is 0 Å². The lowest BCUT2D eigenvalue weighted by atomic mass is 10.0. The van der Waals surface area contributed by atoms with E-state index in [1.165, 1.54) is 6.08 Å². The van der Waals surface area contributed by atoms with Gasteiger partial charge < -0.3 is 0 Å². The van der Waals surface area contributed by atoms with Gasteiger partial charge in [-0.2, -0.15) is 0 Å². The summed E-state index contributed by atoms with van der Waals surface area (Å²) in [6.45, 7) is 2.94. The smallest absolute Gasteiger partial charge is 0.207 e. The third-order valence-electron chi connectivity index (χ3n) is 1.41. The Morgan fingerprint density at radius 3 is 2.55 bits per heavy atom. The topological polar surface area (TPSA) is 0 Å². The van der Waals surface area contributed by atoms with Crippen molar-refractivity contribution in [2.45, 2.75) is 12.3 Å². The first kappa shape index (κ1) is 8.11. The van der Waals surface area contributed by atoms with E-state index in [9.17, 15) is 13.2 Å². The molecule has 0 unspecified atom stereocenters. The van der Waals surface area contributed by atoms with Crippen molar-refractivity contribution in [1.29, 1.82) is 0 Å². The Balaban J connectivity index is 2.81. The van der Waals surface area contributed by atoms with Crippen LogP contribution in [0.15, 0.2) is 36.2 Å². The number of alkyl halides is 2. The van der Waals surface area contributed by atoms with Crippen molar-refractivity contribution in [1.82, 2.24) is 0 Å². The molecule has 0 bridgehead atoms. The number of hydrogen-bond donors (Lipinski definition) is 0. The molecule has 3 heteroatoms. The Morgan fingerprint density at radius 2 is 2.18 bits per heavy atom. The minimum atomic E-state index is -2.92. The first-order valence-electron chi connectivity index (χ1n) is 3.12. The maximum Gasteiger partial charge on any atom is 0.270 e. The lowest BCUT2D eigenvalue weighted by molar-refractivity contribution is 0.0542. The van der Waals surface area contributed by atoms with Crippen LogP contribution in [0.1, 0.15) is 6.42 Å². The molecule has 60 valence electrons. The predicted molar refractivity (Wildman–Crippen MR) is 37.0 cm³/mol. The monoisotopic (exact) mass is 160 g/mol. The van der Waals surface area contributed by atoms with Crippen LogP contribution in [0.4, 0.5) is 13.2 Å². The summed E-state index contributed by atoms with van der Waals surface area (Å²) in [6.07, 6.45) is 2.61. The SMILES string of the molecule is C=C(F)C1=CC=CC(F)(F)C1. The molecule has 0 nitrogen and oxygen atoms in total. The van der Waals surface area contributed by atoms with Crippen molar-refractivity contribution in [3.63, 3.8) is 0 Å². The van der Waals surface area contributed by atoms with Crippen molar-refractivity contribution in [2.24, 2.45) is 0 Å². The van der Waals surface area contributed by atoms with Gasteiger partial charge in [0.1, 0.15) is 5.83 Å². The van der Waals surface area contributed by atoms with E-state index in [0.717, 1.165) is 12.2 Å². The van der Waals surface area contributed by atoms with Gasteiger partial charge in [0.15, 0.2) is 0 Å². The molecular formula is C8H7F3. The molecule has 0 amide bonds. The second-order valence-electron chi connectivity index (χ2n) is 2.39. The van der Waals surface area contributed by atoms with Crippen LogP contribution in [-0.4, -0.2) is 5.92 Å². The fourth-order valence-electron chi connectivity index (χ4n) is 0.863. The van der Waals surface area contributed by atoms with E-state index in [4.69, 9.17) is 0 Å². The number of allylic oxidation sites excluding steroid dienone is 5. The van der Waals surface area contributed by atoms with Crippen molar-refractivity contribution >= 4 is 0 Å². The highest BCUT2D eigenvalue weighted by Gasteiger charge is 2.29. The molecule has 0 radical (unpaired) electrons. The fraction of sp³-hybridized carbons (Fsp3) is 0.250. The van der Waals surface area contributed by atoms with Crippen LogP contribution in [0.3, 0.4) is 0 Å². The summed E-state index contributed by atoms with van der Waals surface area (Å²) in [6, 6.07) is 0. The largest absolute Gasteiger partial charge is 0.270 e. The van der Waals surface area contributed by atoms with Crippen molar-refractivity contribution < 1.29 is 13.2 Å². The summed E-state index contributed by atoms with van der Waals surface area (Å²) in [4.78, 5) is 0. The van der Waals surface area contributed by atoms with Crippen molar-refractivity contribution in [3.05, 3.63) is 36.2 Å². The van der Waals surface area contributed by atoms with E-state index in [2.05, 4.69) is 6.58 Å². The van der Waals surface area contributed by atoms with Gasteiger partial charge in [0.25, 0.3) is 5.92 Å². The van der Waals surface area contributed by atoms with Crippen molar-refractivity contribution in [2.75, 3.05) is 0 Å². The number of halogens is 3. The Hall–Kier alpha value is -0.990. The molecule has 0 aliphatic heterocycles. The summed E-state index contributed by atoms with van der Waals surface area (Å²) in [5.41, 5.74) is -0.0301. The number of hydrogen-bond acceptors (Lipinski definition) is 0. The molecule has 1 aliphatic carbocycles. The summed E-state index contributed by atoms with van der Waals surface area (Å²) in [5, 5.41) is 0. The summed E-state index contributed by atoms with van der Waals surface area (Å²) in [7, 11) is 0. The maximum absolute atomic E-state index is 12.5. The lowest BCUT2D eigenvalue weighted by Gasteiger charge is -2.15. The molecule has 0 aromatic heterocycles. The third kappa shape index (κ3) is 1.97. The molecule has 1 aliphatic rings. The molecule has 0 saturated heterocycles. The molecule has 0 aromatic carbocycles. The highest BCUT2D eigenvalue weighted by molar-refractivity contribution is 5.33. The molecule has 0 spiro atoms. The van der Waals surface area contributed by atoms with Crippen molar-refractivity contribution in [3.8, 4) is 0 Å². The Labute approximate surface area is 62.7 Å². The quantitative estimate of drug-likeness (QED) is 0.553. The first-order chi connectivity index (χ1) is 5.01. The average molecular weight is 160 g/mol. The fourth-order valence-corrected chi connectivity index (χ4v) is 0.863. The van der Waals surface area contributed by atoms with Crippen LogP contribution in [0.25, 0.3) is 0 Å². The van der Waals surface area contributed by atoms with Crippen LogP contribution >= 0.6 is 0 Å². The van der Waals surface area contributed by atoms with Crippen LogP contribution in [-0.2, 0) is 0 Å². The zero-order valence-electron chi connectivity index (χ0n) is 5.78. The highest BCUT2D eigenvalue weighted by Crippen LogP contribution is 2.31. The molecule has 0 aromatic rings. The minimum Gasteiger partial charge on any atom is -0.207 e. The van der Waals surface area contributed by atoms with E-state index in [-0.39, 0.29) is 5.57 Å². The van der Waals surface area contributed by atoms with Gasteiger partial charge >= 0.3 is 0 Å². The zero-order valence-corrected chi connectivity index (χ0v) is 5.78. The second kappa shape index (κ2) is 2.57. The van der Waals surface area contributed by atoms with E-state index in [0.29, 0.717) is 0 Å². The van der Waals surface area contributed by atoms with Crippen LogP contribution in [0.2, 0.25) is 0 Å². The van der Waals surface area contributed by atoms with E-state index >= 15 is 0 Å². The molecule has 0 heterocycles. The number of rotatable bonds is 1. The highest BCUT2D eigenvalue weighted by atomic mass is 19.3. The molecule has 11 heavy (non-hydrogen) atoms. The summed E-state index contributed by atoms with van der Waals surface area (Å²) in [5.74, 6) is -3.70. The van der Waals surface area contributed by atoms with Gasteiger partial charge in [0, 0.05) is 6.42 Å². The normalized spacial score (nSPS) is 21.2. The van der Waals surface area contributed by atoms with Crippen LogP contribution < -0.4 is 0 Å². The molecule has 1 rings (SSSR count). The van der Waals surface area contributed by atoms with E-state index < -0.39 is 18.2 Å². The third-order valence-corrected chi connectivity index (χ3v) is 1.41.